The number of hydrogen-bond acceptors (Lipinski definition) is 6. The summed E-state index contributed by atoms with van der Waals surface area (Å²) in [4.78, 5) is 9.67. The Morgan fingerprint density at radius 1 is 1.00 bits per heavy atom. The number of nitrogens with zero attached hydrogens (tertiary/aromatic N) is 3. The van der Waals surface area contributed by atoms with Crippen LogP contribution in [0.2, 0.25) is 0 Å². The van der Waals surface area contributed by atoms with E-state index in [-0.39, 0.29) is 16.3 Å². The average molecular weight is 307 g/mol. The van der Waals surface area contributed by atoms with Crippen LogP contribution in [0.3, 0.4) is 0 Å². The standard InChI is InChI=1S/C12H9N3O5S/c16-15(17)11-6-4-9(5-7-11)13-14-10-2-1-3-12(8-10)21(18,19)20/h1-8H,(H,18,19,20). The van der Waals surface area contributed by atoms with Crippen LogP contribution in [-0.2, 0) is 10.1 Å². The van der Waals surface area contributed by atoms with Crippen molar-refractivity contribution in [2.75, 3.05) is 0 Å². The van der Waals surface area contributed by atoms with Gasteiger partial charge >= 0.3 is 0 Å². The van der Waals surface area contributed by atoms with E-state index in [1.807, 2.05) is 0 Å². The second kappa shape index (κ2) is 5.77. The molecule has 0 aliphatic carbocycles. The lowest BCUT2D eigenvalue weighted by atomic mass is 10.3. The third-order valence-corrected chi connectivity index (χ3v) is 3.31. The van der Waals surface area contributed by atoms with Crippen molar-refractivity contribution in [1.82, 2.24) is 0 Å². The number of azo groups is 1. The summed E-state index contributed by atoms with van der Waals surface area (Å²) < 4.78 is 30.9. The Morgan fingerprint density at radius 2 is 1.62 bits per heavy atom. The smallest absolute Gasteiger partial charge is 0.282 e. The average Bonchev–Trinajstić information content (AvgIpc) is 2.45. The summed E-state index contributed by atoms with van der Waals surface area (Å²) in [5.41, 5.74) is 0.531. The Morgan fingerprint density at radius 3 is 2.19 bits per heavy atom. The summed E-state index contributed by atoms with van der Waals surface area (Å²) in [5, 5.41) is 18.1. The molecule has 1 N–H and O–H groups in total. The van der Waals surface area contributed by atoms with Gasteiger partial charge in [-0.3, -0.25) is 14.7 Å². The van der Waals surface area contributed by atoms with Crippen LogP contribution in [0, 0.1) is 10.1 Å². The van der Waals surface area contributed by atoms with Crippen LogP contribution in [0.5, 0.6) is 0 Å². The van der Waals surface area contributed by atoms with Crippen LogP contribution >= 0.6 is 0 Å². The molecule has 2 rings (SSSR count). The van der Waals surface area contributed by atoms with Gasteiger partial charge in [-0.15, -0.1) is 0 Å². The van der Waals surface area contributed by atoms with Gasteiger partial charge in [0.15, 0.2) is 0 Å². The molecule has 2 aromatic carbocycles. The van der Waals surface area contributed by atoms with Gasteiger partial charge in [-0.25, -0.2) is 0 Å². The van der Waals surface area contributed by atoms with Crippen molar-refractivity contribution in [2.24, 2.45) is 10.2 Å². The van der Waals surface area contributed by atoms with E-state index in [9.17, 15) is 18.5 Å². The molecule has 0 bridgehead atoms. The maximum absolute atomic E-state index is 11.0. The minimum atomic E-state index is -4.30. The Hall–Kier alpha value is -2.65. The van der Waals surface area contributed by atoms with Gasteiger partial charge in [0.05, 0.1) is 21.2 Å². The van der Waals surface area contributed by atoms with Gasteiger partial charge in [0.2, 0.25) is 0 Å². The third kappa shape index (κ3) is 3.91. The zero-order valence-corrected chi connectivity index (χ0v) is 11.3. The van der Waals surface area contributed by atoms with Crippen molar-refractivity contribution in [3.05, 3.63) is 58.6 Å². The first-order valence-corrected chi connectivity index (χ1v) is 7.04. The van der Waals surface area contributed by atoms with E-state index in [4.69, 9.17) is 4.55 Å². The van der Waals surface area contributed by atoms with Crippen molar-refractivity contribution >= 4 is 27.2 Å². The largest absolute Gasteiger partial charge is 0.294 e. The Labute approximate surface area is 119 Å². The summed E-state index contributed by atoms with van der Waals surface area (Å²) in [6.07, 6.45) is 0. The molecule has 0 amide bonds. The number of hydrogen-bond donors (Lipinski definition) is 1. The molecule has 0 radical (unpaired) electrons. The summed E-state index contributed by atoms with van der Waals surface area (Å²) in [7, 11) is -4.30. The Kier molecular flexibility index (Phi) is 4.05. The minimum Gasteiger partial charge on any atom is -0.282 e. The molecule has 9 heteroatoms. The highest BCUT2D eigenvalue weighted by molar-refractivity contribution is 7.85. The molecule has 0 fully saturated rings. The minimum absolute atomic E-state index is 0.0673. The molecule has 0 atom stereocenters. The molecular weight excluding hydrogens is 298 g/mol. The van der Waals surface area contributed by atoms with Crippen LogP contribution in [0.1, 0.15) is 0 Å². The third-order valence-electron chi connectivity index (χ3n) is 2.46. The molecule has 21 heavy (non-hydrogen) atoms. The molecular formula is C12H9N3O5S. The molecule has 8 nitrogen and oxygen atoms in total. The predicted molar refractivity (Wildman–Crippen MR) is 73.5 cm³/mol. The van der Waals surface area contributed by atoms with Crippen molar-refractivity contribution in [3.8, 4) is 0 Å². The van der Waals surface area contributed by atoms with Crippen molar-refractivity contribution in [2.45, 2.75) is 4.90 Å². The molecule has 0 spiro atoms. The SMILES string of the molecule is O=[N+]([O-])c1ccc(N=Nc2cccc(S(=O)(=O)O)c2)cc1. The van der Waals surface area contributed by atoms with Crippen LogP contribution in [0.15, 0.2) is 63.7 Å². The summed E-state index contributed by atoms with van der Waals surface area (Å²) in [6.45, 7) is 0. The van der Waals surface area contributed by atoms with E-state index >= 15 is 0 Å². The highest BCUT2D eigenvalue weighted by atomic mass is 32.2. The zero-order chi connectivity index (χ0) is 15.5. The van der Waals surface area contributed by atoms with Gasteiger partial charge in [0, 0.05) is 12.1 Å². The lowest BCUT2D eigenvalue weighted by molar-refractivity contribution is -0.384. The van der Waals surface area contributed by atoms with Crippen LogP contribution in [0.25, 0.3) is 0 Å². The van der Waals surface area contributed by atoms with E-state index in [0.29, 0.717) is 5.69 Å². The van der Waals surface area contributed by atoms with E-state index in [0.717, 1.165) is 6.07 Å². The van der Waals surface area contributed by atoms with Crippen LogP contribution in [-0.4, -0.2) is 17.9 Å². The fourth-order valence-corrected chi connectivity index (χ4v) is 1.98. The van der Waals surface area contributed by atoms with Crippen molar-refractivity contribution in [3.63, 3.8) is 0 Å². The molecule has 0 heterocycles. The number of benzene rings is 2. The number of non-ortho nitro benzene ring substituents is 1. The van der Waals surface area contributed by atoms with E-state index < -0.39 is 15.0 Å². The molecule has 108 valence electrons. The molecule has 0 aliphatic rings. The van der Waals surface area contributed by atoms with Gasteiger partial charge < -0.3 is 0 Å². The molecule has 0 aliphatic heterocycles. The first-order valence-electron chi connectivity index (χ1n) is 5.60. The van der Waals surface area contributed by atoms with Gasteiger partial charge in [-0.05, 0) is 30.3 Å². The van der Waals surface area contributed by atoms with Crippen LogP contribution < -0.4 is 0 Å². The maximum atomic E-state index is 11.0. The normalized spacial score (nSPS) is 11.7. The van der Waals surface area contributed by atoms with Gasteiger partial charge in [-0.1, -0.05) is 6.07 Å². The predicted octanol–water partition coefficient (Wildman–Crippen LogP) is 3.26. The number of rotatable bonds is 4. The first kappa shape index (κ1) is 14.8. The molecule has 0 saturated carbocycles. The number of nitro groups is 1. The zero-order valence-electron chi connectivity index (χ0n) is 10.4. The van der Waals surface area contributed by atoms with E-state index in [1.165, 1.54) is 42.5 Å². The molecule has 2 aromatic rings. The monoisotopic (exact) mass is 307 g/mol. The Bertz CT molecular complexity index is 800. The second-order valence-electron chi connectivity index (χ2n) is 3.95. The summed E-state index contributed by atoms with van der Waals surface area (Å²) >= 11 is 0. The maximum Gasteiger partial charge on any atom is 0.294 e. The van der Waals surface area contributed by atoms with Crippen molar-refractivity contribution in [1.29, 1.82) is 0 Å². The second-order valence-corrected chi connectivity index (χ2v) is 5.37. The van der Waals surface area contributed by atoms with Gasteiger partial charge in [0.25, 0.3) is 15.8 Å². The quantitative estimate of drug-likeness (QED) is 0.402. The lowest BCUT2D eigenvalue weighted by Gasteiger charge is -1.97. The summed E-state index contributed by atoms with van der Waals surface area (Å²) in [6, 6.07) is 10.7. The van der Waals surface area contributed by atoms with E-state index in [1.54, 1.807) is 0 Å². The molecule has 0 aromatic heterocycles. The fourth-order valence-electron chi connectivity index (χ4n) is 1.46. The highest BCUT2D eigenvalue weighted by Gasteiger charge is 2.09. The highest BCUT2D eigenvalue weighted by Crippen LogP contribution is 2.22. The van der Waals surface area contributed by atoms with Gasteiger partial charge in [0.1, 0.15) is 0 Å². The topological polar surface area (TPSA) is 122 Å². The lowest BCUT2D eigenvalue weighted by Crippen LogP contribution is -1.96. The first-order chi connectivity index (χ1) is 9.86. The number of nitro benzene ring substituents is 1. The molecule has 0 saturated heterocycles. The fraction of sp³-hybridized carbons (Fsp3) is 0. The van der Waals surface area contributed by atoms with Crippen molar-refractivity contribution < 1.29 is 17.9 Å². The Balaban J connectivity index is 2.23. The summed E-state index contributed by atoms with van der Waals surface area (Å²) in [5.74, 6) is 0. The van der Waals surface area contributed by atoms with Gasteiger partial charge in [-0.2, -0.15) is 18.6 Å². The molecule has 0 unspecified atom stereocenters. The van der Waals surface area contributed by atoms with Crippen LogP contribution in [0.4, 0.5) is 17.1 Å². The van der Waals surface area contributed by atoms with E-state index in [2.05, 4.69) is 10.2 Å².